The standard InChI is InChI=1S/C23H37N5O3/c1-3-27-17-21(18(2)24-27)23(30)26-10-4-6-20(16-26)28(22(29)19-7-8-19)11-5-9-25-12-14-31-15-13-25/h17,19-20H,3-16H2,1-2H3. The molecular formula is C23H37N5O3. The molecule has 3 aliphatic rings. The quantitative estimate of drug-likeness (QED) is 0.628. The molecule has 2 aliphatic heterocycles. The van der Waals surface area contributed by atoms with E-state index in [0.29, 0.717) is 18.0 Å². The van der Waals surface area contributed by atoms with Crippen molar-refractivity contribution in [3.63, 3.8) is 0 Å². The van der Waals surface area contributed by atoms with Gasteiger partial charge in [0.15, 0.2) is 0 Å². The highest BCUT2D eigenvalue weighted by Gasteiger charge is 2.38. The summed E-state index contributed by atoms with van der Waals surface area (Å²) in [6.07, 6.45) is 6.79. The number of hydrogen-bond acceptors (Lipinski definition) is 5. The van der Waals surface area contributed by atoms with Gasteiger partial charge >= 0.3 is 0 Å². The molecule has 8 nitrogen and oxygen atoms in total. The number of piperidine rings is 1. The number of aryl methyl sites for hydroxylation is 2. The molecule has 0 N–H and O–H groups in total. The summed E-state index contributed by atoms with van der Waals surface area (Å²) in [7, 11) is 0. The Balaban J connectivity index is 1.39. The number of aromatic nitrogens is 2. The first-order valence-corrected chi connectivity index (χ1v) is 12.0. The van der Waals surface area contributed by atoms with E-state index in [1.807, 2.05) is 29.6 Å². The highest BCUT2D eigenvalue weighted by Crippen LogP contribution is 2.33. The SMILES string of the molecule is CCn1cc(C(=O)N2CCCC(N(CCCN3CCOCC3)C(=O)C3CC3)C2)c(C)n1. The van der Waals surface area contributed by atoms with E-state index < -0.39 is 0 Å². The molecule has 31 heavy (non-hydrogen) atoms. The number of amides is 2. The van der Waals surface area contributed by atoms with Crippen LogP contribution in [0.15, 0.2) is 6.20 Å². The van der Waals surface area contributed by atoms with Gasteiger partial charge in [-0.3, -0.25) is 19.2 Å². The van der Waals surface area contributed by atoms with Crippen molar-refractivity contribution in [2.75, 3.05) is 52.5 Å². The predicted octanol–water partition coefficient (Wildman–Crippen LogP) is 1.78. The van der Waals surface area contributed by atoms with Crippen molar-refractivity contribution >= 4 is 11.8 Å². The molecule has 0 bridgehead atoms. The first kappa shape index (κ1) is 22.3. The molecule has 0 aromatic carbocycles. The van der Waals surface area contributed by atoms with Crippen LogP contribution in [0.1, 0.15) is 55.1 Å². The molecule has 4 rings (SSSR count). The van der Waals surface area contributed by atoms with Gasteiger partial charge in [-0.25, -0.2) is 0 Å². The molecule has 2 saturated heterocycles. The lowest BCUT2D eigenvalue weighted by atomic mass is 10.0. The molecule has 1 saturated carbocycles. The predicted molar refractivity (Wildman–Crippen MR) is 118 cm³/mol. The summed E-state index contributed by atoms with van der Waals surface area (Å²) >= 11 is 0. The average molecular weight is 432 g/mol. The van der Waals surface area contributed by atoms with Crippen LogP contribution in [0, 0.1) is 12.8 Å². The minimum atomic E-state index is 0.0500. The van der Waals surface area contributed by atoms with E-state index >= 15 is 0 Å². The first-order valence-electron chi connectivity index (χ1n) is 12.0. The van der Waals surface area contributed by atoms with Crippen molar-refractivity contribution in [2.24, 2.45) is 5.92 Å². The molecule has 1 unspecified atom stereocenters. The number of rotatable bonds is 8. The summed E-state index contributed by atoms with van der Waals surface area (Å²) in [6, 6.07) is 0.122. The van der Waals surface area contributed by atoms with Crippen molar-refractivity contribution in [1.29, 1.82) is 0 Å². The molecule has 1 aromatic heterocycles. The molecule has 8 heteroatoms. The van der Waals surface area contributed by atoms with E-state index in [4.69, 9.17) is 4.74 Å². The summed E-state index contributed by atoms with van der Waals surface area (Å²) in [5.74, 6) is 0.560. The molecule has 0 radical (unpaired) electrons. The van der Waals surface area contributed by atoms with Crippen LogP contribution >= 0.6 is 0 Å². The maximum Gasteiger partial charge on any atom is 0.257 e. The van der Waals surface area contributed by atoms with Gasteiger partial charge in [0, 0.05) is 64.0 Å². The molecule has 0 spiro atoms. The third-order valence-corrected chi connectivity index (χ3v) is 6.81. The Labute approximate surface area is 185 Å². The fraction of sp³-hybridized carbons (Fsp3) is 0.783. The summed E-state index contributed by atoms with van der Waals surface area (Å²) in [5.41, 5.74) is 1.47. The fourth-order valence-electron chi connectivity index (χ4n) is 4.78. The number of nitrogens with zero attached hydrogens (tertiary/aromatic N) is 5. The number of likely N-dealkylation sites (tertiary alicyclic amines) is 1. The lowest BCUT2D eigenvalue weighted by molar-refractivity contribution is -0.136. The highest BCUT2D eigenvalue weighted by atomic mass is 16.5. The van der Waals surface area contributed by atoms with Gasteiger partial charge in [0.05, 0.1) is 24.5 Å². The van der Waals surface area contributed by atoms with E-state index in [1.54, 1.807) is 0 Å². The number of hydrogen-bond donors (Lipinski definition) is 0. The van der Waals surface area contributed by atoms with E-state index in [1.165, 1.54) is 0 Å². The van der Waals surface area contributed by atoms with E-state index in [0.717, 1.165) is 90.3 Å². The van der Waals surface area contributed by atoms with Crippen molar-refractivity contribution < 1.29 is 14.3 Å². The van der Waals surface area contributed by atoms with E-state index in [-0.39, 0.29) is 17.9 Å². The number of carbonyl (C=O) groups excluding carboxylic acids is 2. The monoisotopic (exact) mass is 431 g/mol. The van der Waals surface area contributed by atoms with Crippen LogP contribution in [-0.2, 0) is 16.1 Å². The minimum absolute atomic E-state index is 0.0500. The van der Waals surface area contributed by atoms with Crippen LogP contribution in [-0.4, -0.2) is 94.8 Å². The van der Waals surface area contributed by atoms with Crippen molar-refractivity contribution in [1.82, 2.24) is 24.5 Å². The molecule has 1 atom stereocenters. The van der Waals surface area contributed by atoms with Crippen LogP contribution in [0.4, 0.5) is 0 Å². The van der Waals surface area contributed by atoms with Gasteiger partial charge in [-0.05, 0) is 46.0 Å². The van der Waals surface area contributed by atoms with Crippen LogP contribution < -0.4 is 0 Å². The summed E-state index contributed by atoms with van der Waals surface area (Å²) < 4.78 is 7.26. The summed E-state index contributed by atoms with van der Waals surface area (Å²) in [4.78, 5) is 32.8. The number of carbonyl (C=O) groups is 2. The molecule has 3 heterocycles. The van der Waals surface area contributed by atoms with Gasteiger partial charge in [0.2, 0.25) is 5.91 Å². The lowest BCUT2D eigenvalue weighted by Crippen LogP contribution is -2.52. The minimum Gasteiger partial charge on any atom is -0.379 e. The first-order chi connectivity index (χ1) is 15.1. The van der Waals surface area contributed by atoms with Crippen molar-refractivity contribution in [3.8, 4) is 0 Å². The lowest BCUT2D eigenvalue weighted by Gasteiger charge is -2.40. The molecular weight excluding hydrogens is 394 g/mol. The van der Waals surface area contributed by atoms with Gasteiger partial charge in [-0.2, -0.15) is 5.10 Å². The largest absolute Gasteiger partial charge is 0.379 e. The second-order valence-corrected chi connectivity index (χ2v) is 9.14. The second kappa shape index (κ2) is 10.1. The van der Waals surface area contributed by atoms with E-state index in [9.17, 15) is 9.59 Å². The Bertz CT molecular complexity index is 769. The topological polar surface area (TPSA) is 70.9 Å². The van der Waals surface area contributed by atoms with Crippen LogP contribution in [0.3, 0.4) is 0 Å². The van der Waals surface area contributed by atoms with Crippen molar-refractivity contribution in [2.45, 2.75) is 58.5 Å². The van der Waals surface area contributed by atoms with Crippen LogP contribution in [0.2, 0.25) is 0 Å². The van der Waals surface area contributed by atoms with Gasteiger partial charge in [-0.15, -0.1) is 0 Å². The van der Waals surface area contributed by atoms with Gasteiger partial charge in [0.1, 0.15) is 0 Å². The molecule has 2 amide bonds. The average Bonchev–Trinajstić information content (AvgIpc) is 3.58. The molecule has 1 aliphatic carbocycles. The maximum absolute atomic E-state index is 13.2. The zero-order valence-electron chi connectivity index (χ0n) is 19.1. The third kappa shape index (κ3) is 5.47. The molecule has 3 fully saturated rings. The maximum atomic E-state index is 13.2. The second-order valence-electron chi connectivity index (χ2n) is 9.14. The Morgan fingerprint density at radius 2 is 1.97 bits per heavy atom. The van der Waals surface area contributed by atoms with Gasteiger partial charge in [-0.1, -0.05) is 0 Å². The Kier molecular flexibility index (Phi) is 7.27. The zero-order valence-corrected chi connectivity index (χ0v) is 19.1. The normalized spacial score (nSPS) is 22.5. The molecule has 172 valence electrons. The Morgan fingerprint density at radius 3 is 2.65 bits per heavy atom. The van der Waals surface area contributed by atoms with Gasteiger partial charge < -0.3 is 14.5 Å². The van der Waals surface area contributed by atoms with Gasteiger partial charge in [0.25, 0.3) is 5.91 Å². The van der Waals surface area contributed by atoms with Crippen LogP contribution in [0.25, 0.3) is 0 Å². The number of ether oxygens (including phenoxy) is 1. The Morgan fingerprint density at radius 1 is 1.19 bits per heavy atom. The zero-order chi connectivity index (χ0) is 21.8. The smallest absolute Gasteiger partial charge is 0.257 e. The summed E-state index contributed by atoms with van der Waals surface area (Å²) in [6.45, 7) is 11.4. The summed E-state index contributed by atoms with van der Waals surface area (Å²) in [5, 5.41) is 4.43. The fourth-order valence-corrected chi connectivity index (χ4v) is 4.78. The molecule has 1 aromatic rings. The van der Waals surface area contributed by atoms with E-state index in [2.05, 4.69) is 14.9 Å². The van der Waals surface area contributed by atoms with Crippen LogP contribution in [0.5, 0.6) is 0 Å². The van der Waals surface area contributed by atoms with Crippen molar-refractivity contribution in [3.05, 3.63) is 17.5 Å². The third-order valence-electron chi connectivity index (χ3n) is 6.81. The Hall–Kier alpha value is -1.93. The highest BCUT2D eigenvalue weighted by molar-refractivity contribution is 5.95. The number of morpholine rings is 1.